The van der Waals surface area contributed by atoms with Gasteiger partial charge in [0.25, 0.3) is 0 Å². The predicted octanol–water partition coefficient (Wildman–Crippen LogP) is 1.06. The lowest BCUT2D eigenvalue weighted by molar-refractivity contribution is -0.145. The first-order valence-corrected chi connectivity index (χ1v) is 8.07. The zero-order valence-electron chi connectivity index (χ0n) is 15.3. The molecule has 0 aliphatic heterocycles. The van der Waals surface area contributed by atoms with Gasteiger partial charge in [-0.25, -0.2) is 4.79 Å². The number of amides is 2. The van der Waals surface area contributed by atoms with Crippen molar-refractivity contribution in [3.8, 4) is 5.75 Å². The van der Waals surface area contributed by atoms with Crippen LogP contribution in [0.3, 0.4) is 0 Å². The van der Waals surface area contributed by atoms with Crippen molar-refractivity contribution in [2.75, 3.05) is 14.2 Å². The quantitative estimate of drug-likeness (QED) is 0.684. The highest BCUT2D eigenvalue weighted by molar-refractivity contribution is 5.90. The topological polar surface area (TPSA) is 93.7 Å². The van der Waals surface area contributed by atoms with Crippen molar-refractivity contribution < 1.29 is 23.9 Å². The van der Waals surface area contributed by atoms with E-state index < -0.39 is 24.0 Å². The Balaban J connectivity index is 2.97. The summed E-state index contributed by atoms with van der Waals surface area (Å²) in [5.41, 5.74) is 0.765. The number of para-hydroxylation sites is 1. The maximum absolute atomic E-state index is 12.5. The maximum atomic E-state index is 12.5. The number of hydrogen-bond donors (Lipinski definition) is 2. The number of methoxy groups -OCH3 is 2. The third-order valence-electron chi connectivity index (χ3n) is 3.73. The molecule has 0 radical (unpaired) electrons. The van der Waals surface area contributed by atoms with Gasteiger partial charge in [0.2, 0.25) is 11.8 Å². The molecule has 0 aliphatic rings. The van der Waals surface area contributed by atoms with Crippen LogP contribution in [0, 0.1) is 5.92 Å². The molecule has 2 N–H and O–H groups in total. The smallest absolute Gasteiger partial charge is 0.328 e. The maximum Gasteiger partial charge on any atom is 0.328 e. The molecular weight excluding hydrogens is 324 g/mol. The highest BCUT2D eigenvalue weighted by Gasteiger charge is 2.29. The minimum absolute atomic E-state index is 0.131. The number of esters is 1. The standard InChI is InChI=1S/C18H26N2O5/c1-11(2)16(19-12(3)21)17(22)20-14(18(23)25-5)10-13-8-6-7-9-15(13)24-4/h6-9,11,14,16H,10H2,1-5H3,(H,19,21)(H,20,22)/t14-,16-/m1/s1. The Morgan fingerprint density at radius 3 is 2.24 bits per heavy atom. The van der Waals surface area contributed by atoms with Crippen LogP contribution < -0.4 is 15.4 Å². The van der Waals surface area contributed by atoms with Crippen molar-refractivity contribution in [3.63, 3.8) is 0 Å². The third kappa shape index (κ3) is 6.10. The molecule has 1 aromatic rings. The summed E-state index contributed by atoms with van der Waals surface area (Å²) in [6, 6.07) is 5.61. The molecule has 1 aromatic carbocycles. The second kappa shape index (κ2) is 9.66. The average molecular weight is 350 g/mol. The van der Waals surface area contributed by atoms with Gasteiger partial charge in [-0.15, -0.1) is 0 Å². The molecule has 0 bridgehead atoms. The highest BCUT2D eigenvalue weighted by atomic mass is 16.5. The Kier molecular flexibility index (Phi) is 7.91. The number of carbonyl (C=O) groups is 3. The Labute approximate surface area is 148 Å². The number of rotatable bonds is 8. The molecule has 0 fully saturated rings. The number of carbonyl (C=O) groups excluding carboxylic acids is 3. The van der Waals surface area contributed by atoms with Crippen molar-refractivity contribution >= 4 is 17.8 Å². The minimum atomic E-state index is -0.885. The van der Waals surface area contributed by atoms with Gasteiger partial charge in [0.1, 0.15) is 17.8 Å². The summed E-state index contributed by atoms with van der Waals surface area (Å²) in [6.07, 6.45) is 0.216. The molecule has 0 unspecified atom stereocenters. The second-order valence-corrected chi connectivity index (χ2v) is 6.02. The zero-order chi connectivity index (χ0) is 19.0. The largest absolute Gasteiger partial charge is 0.496 e. The summed E-state index contributed by atoms with van der Waals surface area (Å²) in [7, 11) is 2.80. The van der Waals surface area contributed by atoms with Crippen LogP contribution in [0.2, 0.25) is 0 Å². The van der Waals surface area contributed by atoms with Crippen molar-refractivity contribution in [1.29, 1.82) is 0 Å². The Morgan fingerprint density at radius 1 is 1.08 bits per heavy atom. The predicted molar refractivity (Wildman–Crippen MR) is 93.1 cm³/mol. The molecule has 7 nitrogen and oxygen atoms in total. The first kappa shape index (κ1) is 20.5. The lowest BCUT2D eigenvalue weighted by atomic mass is 10.0. The molecule has 2 atom stereocenters. The van der Waals surface area contributed by atoms with Gasteiger partial charge >= 0.3 is 5.97 Å². The van der Waals surface area contributed by atoms with Crippen LogP contribution in [0.1, 0.15) is 26.3 Å². The molecular formula is C18H26N2O5. The fourth-order valence-electron chi connectivity index (χ4n) is 2.44. The van der Waals surface area contributed by atoms with Gasteiger partial charge in [-0.2, -0.15) is 0 Å². The first-order chi connectivity index (χ1) is 11.8. The van der Waals surface area contributed by atoms with Gasteiger partial charge < -0.3 is 20.1 Å². The normalized spacial score (nSPS) is 12.9. The Morgan fingerprint density at radius 2 is 1.72 bits per heavy atom. The van der Waals surface area contributed by atoms with E-state index in [1.54, 1.807) is 6.07 Å². The second-order valence-electron chi connectivity index (χ2n) is 6.02. The van der Waals surface area contributed by atoms with E-state index in [1.165, 1.54) is 21.1 Å². The first-order valence-electron chi connectivity index (χ1n) is 8.07. The van der Waals surface area contributed by atoms with Crippen LogP contribution in [0.5, 0.6) is 5.75 Å². The van der Waals surface area contributed by atoms with Crippen molar-refractivity contribution in [1.82, 2.24) is 10.6 Å². The number of benzene rings is 1. The molecule has 0 spiro atoms. The van der Waals surface area contributed by atoms with Crippen molar-refractivity contribution in [2.45, 2.75) is 39.3 Å². The van der Waals surface area contributed by atoms with Crippen molar-refractivity contribution in [3.05, 3.63) is 29.8 Å². The fourth-order valence-corrected chi connectivity index (χ4v) is 2.44. The fraction of sp³-hybridized carbons (Fsp3) is 0.500. The molecule has 0 aromatic heterocycles. The molecule has 25 heavy (non-hydrogen) atoms. The summed E-state index contributed by atoms with van der Waals surface area (Å²) in [4.78, 5) is 35.9. The summed E-state index contributed by atoms with van der Waals surface area (Å²) >= 11 is 0. The Bertz CT molecular complexity index is 615. The molecule has 0 saturated carbocycles. The molecule has 1 rings (SSSR count). The summed E-state index contributed by atoms with van der Waals surface area (Å²) in [5.74, 6) is -0.824. The van der Waals surface area contributed by atoms with E-state index in [9.17, 15) is 14.4 Å². The monoisotopic (exact) mass is 350 g/mol. The van der Waals surface area contributed by atoms with Crippen LogP contribution in [0.4, 0.5) is 0 Å². The SMILES string of the molecule is COC(=O)[C@@H](Cc1ccccc1OC)NC(=O)[C@H](NC(C)=O)C(C)C. The van der Waals surface area contributed by atoms with Gasteiger partial charge in [0, 0.05) is 13.3 Å². The zero-order valence-corrected chi connectivity index (χ0v) is 15.3. The summed E-state index contributed by atoms with van der Waals surface area (Å²) < 4.78 is 10.1. The van der Waals surface area contributed by atoms with Gasteiger partial charge in [0.15, 0.2) is 0 Å². The summed E-state index contributed by atoms with van der Waals surface area (Å²) in [6.45, 7) is 4.97. The molecule has 0 aliphatic carbocycles. The Hall–Kier alpha value is -2.57. The van der Waals surface area contributed by atoms with E-state index in [4.69, 9.17) is 9.47 Å². The lowest BCUT2D eigenvalue weighted by Crippen LogP contribution is -2.54. The van der Waals surface area contributed by atoms with Gasteiger partial charge in [-0.05, 0) is 17.5 Å². The van der Waals surface area contributed by atoms with Gasteiger partial charge in [-0.3, -0.25) is 9.59 Å². The number of hydrogen-bond acceptors (Lipinski definition) is 5. The van der Waals surface area contributed by atoms with E-state index in [1.807, 2.05) is 32.0 Å². The highest BCUT2D eigenvalue weighted by Crippen LogP contribution is 2.19. The average Bonchev–Trinajstić information content (AvgIpc) is 2.58. The van der Waals surface area contributed by atoms with E-state index >= 15 is 0 Å². The van der Waals surface area contributed by atoms with Crippen LogP contribution in [-0.2, 0) is 25.5 Å². The molecule has 138 valence electrons. The van der Waals surface area contributed by atoms with Gasteiger partial charge in [-0.1, -0.05) is 32.0 Å². The number of nitrogens with one attached hydrogen (secondary N) is 2. The van der Waals surface area contributed by atoms with Crippen LogP contribution >= 0.6 is 0 Å². The molecule has 0 heterocycles. The molecule has 0 saturated heterocycles. The molecule has 2 amide bonds. The van der Waals surface area contributed by atoms with Gasteiger partial charge in [0.05, 0.1) is 14.2 Å². The van der Waals surface area contributed by atoms with E-state index in [0.717, 1.165) is 5.56 Å². The van der Waals surface area contributed by atoms with Crippen molar-refractivity contribution in [2.24, 2.45) is 5.92 Å². The molecule has 7 heteroatoms. The minimum Gasteiger partial charge on any atom is -0.496 e. The van der Waals surface area contributed by atoms with E-state index in [0.29, 0.717) is 5.75 Å². The van der Waals surface area contributed by atoms with Crippen LogP contribution in [0.25, 0.3) is 0 Å². The lowest BCUT2D eigenvalue weighted by Gasteiger charge is -2.24. The van der Waals surface area contributed by atoms with E-state index in [-0.39, 0.29) is 18.2 Å². The van der Waals surface area contributed by atoms with E-state index in [2.05, 4.69) is 10.6 Å². The third-order valence-corrected chi connectivity index (χ3v) is 3.73. The number of ether oxygens (including phenoxy) is 2. The van der Waals surface area contributed by atoms with Crippen LogP contribution in [-0.4, -0.2) is 44.1 Å². The summed E-state index contributed by atoms with van der Waals surface area (Å²) in [5, 5.41) is 5.27. The van der Waals surface area contributed by atoms with Crippen LogP contribution in [0.15, 0.2) is 24.3 Å².